The maximum absolute atomic E-state index is 4.57. The molecule has 0 aromatic carbocycles. The summed E-state index contributed by atoms with van der Waals surface area (Å²) >= 11 is 0. The minimum atomic E-state index is 0.660. The lowest BCUT2D eigenvalue weighted by molar-refractivity contribution is 0.814. The Morgan fingerprint density at radius 1 is 1.17 bits per heavy atom. The van der Waals surface area contributed by atoms with Gasteiger partial charge in [0.2, 0.25) is 5.95 Å². The highest BCUT2D eigenvalue weighted by atomic mass is 15.4. The topological polar surface area (TPSA) is 121 Å². The van der Waals surface area contributed by atoms with Crippen molar-refractivity contribution >= 4 is 28.5 Å². The average molecular weight is 318 g/mol. The summed E-state index contributed by atoms with van der Waals surface area (Å²) in [6, 6.07) is 3.99. The van der Waals surface area contributed by atoms with Crippen LogP contribution in [0.3, 0.4) is 0 Å². The van der Waals surface area contributed by atoms with Gasteiger partial charge in [0.1, 0.15) is 11.4 Å². The second-order valence-electron chi connectivity index (χ2n) is 5.64. The molecule has 3 N–H and O–H groups in total. The molecule has 5 aromatic heterocycles. The van der Waals surface area contributed by atoms with Gasteiger partial charge in [0.05, 0.1) is 24.1 Å². The van der Waals surface area contributed by atoms with Crippen LogP contribution in [-0.2, 0) is 6.54 Å². The first-order chi connectivity index (χ1) is 11.8. The quantitative estimate of drug-likeness (QED) is 0.453. The van der Waals surface area contributed by atoms with Gasteiger partial charge in [0.25, 0.3) is 0 Å². The van der Waals surface area contributed by atoms with Crippen molar-refractivity contribution in [2.45, 2.75) is 6.54 Å². The molecule has 0 aliphatic carbocycles. The molecule has 6 heterocycles. The summed E-state index contributed by atoms with van der Waals surface area (Å²) in [7, 11) is 0. The van der Waals surface area contributed by atoms with E-state index in [4.69, 9.17) is 0 Å². The minimum Gasteiger partial charge on any atom is -0.329 e. The Kier molecular flexibility index (Phi) is 1.96. The highest BCUT2D eigenvalue weighted by Gasteiger charge is 2.19. The van der Waals surface area contributed by atoms with Gasteiger partial charge in [-0.15, -0.1) is 0 Å². The third-order valence-corrected chi connectivity index (χ3v) is 4.14. The van der Waals surface area contributed by atoms with Gasteiger partial charge in [-0.25, -0.2) is 19.9 Å². The Labute approximate surface area is 133 Å². The molecule has 0 amide bonds. The molecule has 0 bridgehead atoms. The predicted molar refractivity (Wildman–Crippen MR) is 85.2 cm³/mol. The van der Waals surface area contributed by atoms with Crippen molar-refractivity contribution in [1.82, 2.24) is 44.3 Å². The normalized spacial score (nSPS) is 13.9. The summed E-state index contributed by atoms with van der Waals surface area (Å²) in [6.45, 7) is 0.691. The van der Waals surface area contributed by atoms with Crippen molar-refractivity contribution in [2.24, 2.45) is 4.99 Å². The Morgan fingerprint density at radius 2 is 2.17 bits per heavy atom. The van der Waals surface area contributed by atoms with E-state index in [0.29, 0.717) is 12.2 Å². The molecule has 10 nitrogen and oxygen atoms in total. The SMILES string of the molecule is c1cn2c(n1)N=C(c1cc3cc(-c4nc5nc[nH]c5[nH]4)[nH]n3n1)C2. The van der Waals surface area contributed by atoms with E-state index in [2.05, 4.69) is 40.1 Å². The number of hydrogen-bond donors (Lipinski definition) is 3. The standard InChI is InChI=1S/C14H10N10/c1-2-23-5-10(18-14(23)15-1)8-3-7-4-9(22-24(7)21-8)11-19-12-13(20-11)17-6-16-12/h1-4,6,22H,5H2,(H,16,17)(H,19,20). The number of aromatic nitrogens is 9. The monoisotopic (exact) mass is 318 g/mol. The lowest BCUT2D eigenvalue weighted by atomic mass is 10.2. The number of aliphatic imine (C=N–C) groups is 1. The van der Waals surface area contributed by atoms with Crippen LogP contribution in [0, 0.1) is 0 Å². The Balaban J connectivity index is 1.40. The lowest BCUT2D eigenvalue weighted by Gasteiger charge is -1.95. The summed E-state index contributed by atoms with van der Waals surface area (Å²) in [6.07, 6.45) is 5.27. The van der Waals surface area contributed by atoms with Crippen LogP contribution in [0.2, 0.25) is 0 Å². The van der Waals surface area contributed by atoms with E-state index < -0.39 is 0 Å². The third-order valence-electron chi connectivity index (χ3n) is 4.14. The highest BCUT2D eigenvalue weighted by molar-refractivity contribution is 6.02. The van der Waals surface area contributed by atoms with Crippen LogP contribution < -0.4 is 0 Å². The molecule has 116 valence electrons. The van der Waals surface area contributed by atoms with Gasteiger partial charge in [0, 0.05) is 12.4 Å². The van der Waals surface area contributed by atoms with Gasteiger partial charge in [-0.2, -0.15) is 9.73 Å². The van der Waals surface area contributed by atoms with Crippen molar-refractivity contribution in [3.8, 4) is 11.5 Å². The molecule has 0 unspecified atom stereocenters. The molecule has 10 heteroatoms. The first-order valence-corrected chi connectivity index (χ1v) is 7.41. The van der Waals surface area contributed by atoms with Gasteiger partial charge in [-0.1, -0.05) is 0 Å². The zero-order valence-corrected chi connectivity index (χ0v) is 12.2. The smallest absolute Gasteiger partial charge is 0.230 e. The van der Waals surface area contributed by atoms with Crippen LogP contribution in [0.5, 0.6) is 0 Å². The van der Waals surface area contributed by atoms with Gasteiger partial charge in [-0.3, -0.25) is 5.10 Å². The third kappa shape index (κ3) is 1.51. The van der Waals surface area contributed by atoms with Crippen molar-refractivity contribution in [2.75, 3.05) is 0 Å². The molecule has 1 aliphatic heterocycles. The zero-order valence-electron chi connectivity index (χ0n) is 12.2. The first kappa shape index (κ1) is 11.8. The Bertz CT molecular complexity index is 1180. The van der Waals surface area contributed by atoms with Crippen LogP contribution in [-0.4, -0.2) is 50.0 Å². The molecule has 24 heavy (non-hydrogen) atoms. The van der Waals surface area contributed by atoms with Crippen molar-refractivity contribution in [3.05, 3.63) is 36.5 Å². The summed E-state index contributed by atoms with van der Waals surface area (Å²) < 4.78 is 3.71. The van der Waals surface area contributed by atoms with Gasteiger partial charge < -0.3 is 14.5 Å². The maximum atomic E-state index is 4.57. The summed E-state index contributed by atoms with van der Waals surface area (Å²) in [5.74, 6) is 1.44. The molecule has 1 aliphatic rings. The maximum Gasteiger partial charge on any atom is 0.230 e. The van der Waals surface area contributed by atoms with Crippen LogP contribution in [0.15, 0.2) is 35.8 Å². The lowest BCUT2D eigenvalue weighted by Crippen LogP contribution is -2.05. The number of H-pyrrole nitrogens is 3. The average Bonchev–Trinajstić information content (AvgIpc) is 3.31. The molecule has 0 fully saturated rings. The number of imidazole rings is 3. The summed E-state index contributed by atoms with van der Waals surface area (Å²) in [5.41, 5.74) is 5.00. The second kappa shape index (κ2) is 3.98. The van der Waals surface area contributed by atoms with Crippen LogP contribution in [0.1, 0.15) is 5.69 Å². The zero-order chi connectivity index (χ0) is 15.7. The van der Waals surface area contributed by atoms with Gasteiger partial charge in [0.15, 0.2) is 17.1 Å². The molecule has 0 atom stereocenters. The number of nitrogens with one attached hydrogen (secondary N) is 3. The first-order valence-electron chi connectivity index (χ1n) is 7.41. The molecular formula is C14H10N10. The molecule has 0 saturated heterocycles. The second-order valence-corrected chi connectivity index (χ2v) is 5.64. The molecule has 5 aromatic rings. The van der Waals surface area contributed by atoms with Gasteiger partial charge in [-0.05, 0) is 12.1 Å². The molecule has 6 rings (SSSR count). The van der Waals surface area contributed by atoms with E-state index in [0.717, 1.165) is 40.0 Å². The molecule has 0 radical (unpaired) electrons. The fourth-order valence-corrected chi connectivity index (χ4v) is 2.98. The number of fused-ring (bicyclic) bond motifs is 3. The van der Waals surface area contributed by atoms with E-state index in [-0.39, 0.29) is 0 Å². The number of nitrogens with zero attached hydrogens (tertiary/aromatic N) is 7. The van der Waals surface area contributed by atoms with E-state index in [9.17, 15) is 0 Å². The highest BCUT2D eigenvalue weighted by Crippen LogP contribution is 2.23. The summed E-state index contributed by atoms with van der Waals surface area (Å²) in [5, 5.41) is 7.78. The van der Waals surface area contributed by atoms with E-state index in [1.54, 1.807) is 17.2 Å². The summed E-state index contributed by atoms with van der Waals surface area (Å²) in [4.78, 5) is 23.4. The largest absolute Gasteiger partial charge is 0.329 e. The Hall–Kier alpha value is -3.69. The van der Waals surface area contributed by atoms with Crippen molar-refractivity contribution in [1.29, 1.82) is 0 Å². The van der Waals surface area contributed by atoms with Crippen LogP contribution in [0.25, 0.3) is 28.3 Å². The number of rotatable bonds is 2. The van der Waals surface area contributed by atoms with Crippen molar-refractivity contribution < 1.29 is 0 Å². The van der Waals surface area contributed by atoms with Crippen LogP contribution in [0.4, 0.5) is 5.95 Å². The van der Waals surface area contributed by atoms with Crippen molar-refractivity contribution in [3.63, 3.8) is 0 Å². The molecular weight excluding hydrogens is 308 g/mol. The fraction of sp³-hybridized carbons (Fsp3) is 0.0714. The van der Waals surface area contributed by atoms with E-state index >= 15 is 0 Å². The predicted octanol–water partition coefficient (Wildman–Crippen LogP) is 1.26. The van der Waals surface area contributed by atoms with E-state index in [1.807, 2.05) is 22.9 Å². The minimum absolute atomic E-state index is 0.660. The number of hydrogen-bond acceptors (Lipinski definition) is 5. The fourth-order valence-electron chi connectivity index (χ4n) is 2.98. The van der Waals surface area contributed by atoms with Crippen LogP contribution >= 0.6 is 0 Å². The molecule has 0 spiro atoms. The molecule has 0 saturated carbocycles. The number of aromatic amines is 3. The Morgan fingerprint density at radius 3 is 3.04 bits per heavy atom. The van der Waals surface area contributed by atoms with E-state index in [1.165, 1.54) is 0 Å². The van der Waals surface area contributed by atoms with Gasteiger partial charge >= 0.3 is 0 Å².